The van der Waals surface area contributed by atoms with Gasteiger partial charge in [-0.2, -0.15) is 0 Å². The Balaban J connectivity index is 1.59. The van der Waals surface area contributed by atoms with Crippen molar-refractivity contribution in [2.75, 3.05) is 0 Å². The van der Waals surface area contributed by atoms with Gasteiger partial charge in [0.05, 0.1) is 18.6 Å². The van der Waals surface area contributed by atoms with E-state index < -0.39 is 6.10 Å². The van der Waals surface area contributed by atoms with Crippen molar-refractivity contribution < 1.29 is 9.90 Å². The van der Waals surface area contributed by atoms with Gasteiger partial charge in [0.25, 0.3) is 0 Å². The second-order valence-corrected chi connectivity index (χ2v) is 6.25. The highest BCUT2D eigenvalue weighted by Gasteiger charge is 2.31. The Kier molecular flexibility index (Phi) is 4.26. The standard InChI is InChI=1S/C15H17N3O2S/c19-12-8-4-7-11(12)14(20)16-9-13-17-18-15(21-13)10-5-2-1-3-6-10/h1-3,5-6,11-12,19H,4,7-9H2,(H,16,20). The van der Waals surface area contributed by atoms with Crippen LogP contribution in [0.1, 0.15) is 24.3 Å². The van der Waals surface area contributed by atoms with Crippen LogP contribution in [0.15, 0.2) is 30.3 Å². The van der Waals surface area contributed by atoms with Crippen molar-refractivity contribution in [3.8, 4) is 10.6 Å². The van der Waals surface area contributed by atoms with E-state index in [4.69, 9.17) is 0 Å². The van der Waals surface area contributed by atoms with E-state index >= 15 is 0 Å². The Hall–Kier alpha value is -1.79. The monoisotopic (exact) mass is 303 g/mol. The summed E-state index contributed by atoms with van der Waals surface area (Å²) in [6, 6.07) is 9.84. The number of amides is 1. The molecule has 3 rings (SSSR count). The smallest absolute Gasteiger partial charge is 0.226 e. The van der Waals surface area contributed by atoms with Gasteiger partial charge < -0.3 is 10.4 Å². The normalized spacial score (nSPS) is 21.4. The molecule has 0 bridgehead atoms. The summed E-state index contributed by atoms with van der Waals surface area (Å²) < 4.78 is 0. The Morgan fingerprint density at radius 3 is 2.81 bits per heavy atom. The van der Waals surface area contributed by atoms with Crippen molar-refractivity contribution in [2.45, 2.75) is 31.9 Å². The van der Waals surface area contributed by atoms with Crippen LogP contribution in [0.2, 0.25) is 0 Å². The highest BCUT2D eigenvalue weighted by atomic mass is 32.1. The average molecular weight is 303 g/mol. The molecular weight excluding hydrogens is 286 g/mol. The first-order valence-electron chi connectivity index (χ1n) is 7.07. The van der Waals surface area contributed by atoms with Crippen molar-refractivity contribution in [2.24, 2.45) is 5.92 Å². The van der Waals surface area contributed by atoms with E-state index in [0.29, 0.717) is 6.54 Å². The van der Waals surface area contributed by atoms with Crippen LogP contribution >= 0.6 is 11.3 Å². The molecule has 1 fully saturated rings. The topological polar surface area (TPSA) is 75.1 Å². The number of carbonyl (C=O) groups is 1. The zero-order chi connectivity index (χ0) is 14.7. The zero-order valence-corrected chi connectivity index (χ0v) is 12.3. The third-order valence-corrected chi connectivity index (χ3v) is 4.69. The van der Waals surface area contributed by atoms with Gasteiger partial charge in [-0.3, -0.25) is 4.79 Å². The van der Waals surface area contributed by atoms with E-state index in [2.05, 4.69) is 15.5 Å². The number of rotatable bonds is 4. The summed E-state index contributed by atoms with van der Waals surface area (Å²) in [5.41, 5.74) is 1.03. The Morgan fingerprint density at radius 1 is 1.29 bits per heavy atom. The minimum Gasteiger partial charge on any atom is -0.392 e. The molecule has 2 unspecified atom stereocenters. The lowest BCUT2D eigenvalue weighted by atomic mass is 10.1. The van der Waals surface area contributed by atoms with Crippen molar-refractivity contribution in [3.05, 3.63) is 35.3 Å². The largest absolute Gasteiger partial charge is 0.392 e. The van der Waals surface area contributed by atoms with E-state index in [0.717, 1.165) is 34.8 Å². The third kappa shape index (κ3) is 3.28. The van der Waals surface area contributed by atoms with Crippen LogP contribution in [0, 0.1) is 5.92 Å². The molecule has 1 aliphatic carbocycles. The molecule has 2 N–H and O–H groups in total. The van der Waals surface area contributed by atoms with E-state index in [1.807, 2.05) is 30.3 Å². The maximum Gasteiger partial charge on any atom is 0.226 e. The Morgan fingerprint density at radius 2 is 2.10 bits per heavy atom. The van der Waals surface area contributed by atoms with Gasteiger partial charge in [0.2, 0.25) is 5.91 Å². The van der Waals surface area contributed by atoms with E-state index in [1.54, 1.807) is 0 Å². The van der Waals surface area contributed by atoms with Crippen molar-refractivity contribution in [1.82, 2.24) is 15.5 Å². The number of aromatic nitrogens is 2. The van der Waals surface area contributed by atoms with Crippen LogP contribution in [0.4, 0.5) is 0 Å². The van der Waals surface area contributed by atoms with Gasteiger partial charge in [-0.25, -0.2) is 0 Å². The van der Waals surface area contributed by atoms with Gasteiger partial charge in [0, 0.05) is 5.56 Å². The third-order valence-electron chi connectivity index (χ3n) is 3.72. The number of hydrogen-bond acceptors (Lipinski definition) is 5. The highest BCUT2D eigenvalue weighted by Crippen LogP contribution is 2.26. The van der Waals surface area contributed by atoms with Crippen molar-refractivity contribution >= 4 is 17.2 Å². The fourth-order valence-corrected chi connectivity index (χ4v) is 3.35. The van der Waals surface area contributed by atoms with Crippen LogP contribution in [0.5, 0.6) is 0 Å². The fourth-order valence-electron chi connectivity index (χ4n) is 2.56. The number of nitrogens with zero attached hydrogens (tertiary/aromatic N) is 2. The van der Waals surface area contributed by atoms with Crippen LogP contribution < -0.4 is 5.32 Å². The van der Waals surface area contributed by atoms with E-state index in [-0.39, 0.29) is 11.8 Å². The molecule has 1 aromatic carbocycles. The molecule has 2 aromatic rings. The molecule has 0 aliphatic heterocycles. The van der Waals surface area contributed by atoms with Crippen molar-refractivity contribution in [3.63, 3.8) is 0 Å². The molecule has 0 radical (unpaired) electrons. The van der Waals surface area contributed by atoms with Crippen LogP contribution in [0.3, 0.4) is 0 Å². The summed E-state index contributed by atoms with van der Waals surface area (Å²) in [6.45, 7) is 0.368. The Bertz CT molecular complexity index is 614. The summed E-state index contributed by atoms with van der Waals surface area (Å²) >= 11 is 1.47. The van der Waals surface area contributed by atoms with Gasteiger partial charge in [0.1, 0.15) is 10.0 Å². The first-order chi connectivity index (χ1) is 10.2. The van der Waals surface area contributed by atoms with Crippen LogP contribution in [0.25, 0.3) is 10.6 Å². The van der Waals surface area contributed by atoms with E-state index in [9.17, 15) is 9.90 Å². The lowest BCUT2D eigenvalue weighted by Crippen LogP contribution is -2.34. The second kappa shape index (κ2) is 6.32. The lowest BCUT2D eigenvalue weighted by molar-refractivity contribution is -0.127. The highest BCUT2D eigenvalue weighted by molar-refractivity contribution is 7.14. The van der Waals surface area contributed by atoms with Gasteiger partial charge in [-0.05, 0) is 19.3 Å². The molecule has 0 spiro atoms. The maximum atomic E-state index is 12.0. The molecule has 1 aliphatic rings. The first-order valence-corrected chi connectivity index (χ1v) is 7.89. The quantitative estimate of drug-likeness (QED) is 0.905. The number of benzene rings is 1. The molecule has 1 amide bonds. The molecule has 110 valence electrons. The second-order valence-electron chi connectivity index (χ2n) is 5.19. The molecule has 21 heavy (non-hydrogen) atoms. The summed E-state index contributed by atoms with van der Waals surface area (Å²) in [4.78, 5) is 12.0. The Labute approximate surface area is 127 Å². The molecule has 1 aromatic heterocycles. The number of aliphatic hydroxyl groups excluding tert-OH is 1. The van der Waals surface area contributed by atoms with E-state index in [1.165, 1.54) is 11.3 Å². The molecule has 2 atom stereocenters. The zero-order valence-electron chi connectivity index (χ0n) is 11.5. The predicted molar refractivity (Wildman–Crippen MR) is 80.5 cm³/mol. The number of aliphatic hydroxyl groups is 1. The minimum absolute atomic E-state index is 0.0866. The molecule has 6 heteroatoms. The fraction of sp³-hybridized carbons (Fsp3) is 0.400. The average Bonchev–Trinajstić information content (AvgIpc) is 3.15. The summed E-state index contributed by atoms with van der Waals surface area (Å²) in [5.74, 6) is -0.358. The number of carbonyl (C=O) groups excluding carboxylic acids is 1. The number of nitrogens with one attached hydrogen (secondary N) is 1. The predicted octanol–water partition coefficient (Wildman–Crippen LogP) is 1.98. The van der Waals surface area contributed by atoms with Gasteiger partial charge in [-0.15, -0.1) is 10.2 Å². The molecule has 1 saturated carbocycles. The maximum absolute atomic E-state index is 12.0. The SMILES string of the molecule is O=C(NCc1nnc(-c2ccccc2)s1)C1CCCC1O. The van der Waals surface area contributed by atoms with Gasteiger partial charge in [-0.1, -0.05) is 41.7 Å². The van der Waals surface area contributed by atoms with Gasteiger partial charge in [0.15, 0.2) is 0 Å². The summed E-state index contributed by atoms with van der Waals surface area (Å²) in [7, 11) is 0. The van der Waals surface area contributed by atoms with Crippen LogP contribution in [-0.4, -0.2) is 27.3 Å². The lowest BCUT2D eigenvalue weighted by Gasteiger charge is -2.13. The van der Waals surface area contributed by atoms with Crippen molar-refractivity contribution in [1.29, 1.82) is 0 Å². The molecule has 0 saturated heterocycles. The summed E-state index contributed by atoms with van der Waals surface area (Å²) in [6.07, 6.45) is 1.89. The van der Waals surface area contributed by atoms with Gasteiger partial charge >= 0.3 is 0 Å². The van der Waals surface area contributed by atoms with Crippen LogP contribution in [-0.2, 0) is 11.3 Å². The minimum atomic E-state index is -0.501. The molecule has 5 nitrogen and oxygen atoms in total. The summed E-state index contributed by atoms with van der Waals surface area (Å²) in [5, 5.41) is 22.4. The number of hydrogen-bond donors (Lipinski definition) is 2. The molecule has 1 heterocycles. The first kappa shape index (κ1) is 14.2. The molecular formula is C15H17N3O2S.